The van der Waals surface area contributed by atoms with Gasteiger partial charge in [-0.25, -0.2) is 0 Å². The summed E-state index contributed by atoms with van der Waals surface area (Å²) in [6, 6.07) is 7.29. The Balaban J connectivity index is 1.75. The average Bonchev–Trinajstić information content (AvgIpc) is 2.98. The van der Waals surface area contributed by atoms with Crippen molar-refractivity contribution in [3.8, 4) is 0 Å². The molecule has 0 amide bonds. The first-order valence-corrected chi connectivity index (χ1v) is 6.84. The highest BCUT2D eigenvalue weighted by Gasteiger charge is 2.38. The van der Waals surface area contributed by atoms with E-state index in [0.29, 0.717) is 0 Å². The van der Waals surface area contributed by atoms with Crippen LogP contribution in [0.1, 0.15) is 18.5 Å². The summed E-state index contributed by atoms with van der Waals surface area (Å²) in [4.78, 5) is 13.0. The van der Waals surface area contributed by atoms with Gasteiger partial charge in [0.25, 0.3) is 5.69 Å². The van der Waals surface area contributed by atoms with Crippen molar-refractivity contribution in [3.63, 3.8) is 0 Å². The molecule has 5 nitrogen and oxygen atoms in total. The van der Waals surface area contributed by atoms with Gasteiger partial charge < -0.3 is 5.32 Å². The summed E-state index contributed by atoms with van der Waals surface area (Å²) in [6.07, 6.45) is 0. The number of hydrogen-bond acceptors (Lipinski definition) is 4. The molecule has 3 atom stereocenters. The highest BCUT2D eigenvalue weighted by atomic mass is 16.6. The molecule has 3 rings (SSSR count). The first kappa shape index (κ1) is 12.6. The molecule has 0 aromatic heterocycles. The average molecular weight is 261 g/mol. The fourth-order valence-corrected chi connectivity index (χ4v) is 3.32. The first-order chi connectivity index (χ1) is 9.15. The first-order valence-electron chi connectivity index (χ1n) is 6.84. The van der Waals surface area contributed by atoms with Crippen molar-refractivity contribution in [2.45, 2.75) is 13.0 Å². The molecule has 0 aliphatic carbocycles. The number of nitrogens with one attached hydrogen (secondary N) is 1. The second-order valence-electron chi connectivity index (χ2n) is 5.66. The molecular formula is C14H19N3O2. The fraction of sp³-hybridized carbons (Fsp3) is 0.571. The predicted octanol–water partition coefficient (Wildman–Crippen LogP) is 1.81. The minimum Gasteiger partial charge on any atom is -0.316 e. The molecule has 0 bridgehead atoms. The van der Waals surface area contributed by atoms with Gasteiger partial charge in [0.2, 0.25) is 0 Å². The van der Waals surface area contributed by atoms with E-state index in [4.69, 9.17) is 0 Å². The number of rotatable bonds is 3. The van der Waals surface area contributed by atoms with E-state index in [2.05, 4.69) is 17.1 Å². The van der Waals surface area contributed by atoms with Gasteiger partial charge in [0.1, 0.15) is 0 Å². The number of benzene rings is 1. The Bertz CT molecular complexity index is 479. The highest BCUT2D eigenvalue weighted by Crippen LogP contribution is 2.33. The number of hydrogen-bond donors (Lipinski definition) is 1. The Morgan fingerprint density at radius 1 is 1.37 bits per heavy atom. The normalized spacial score (nSPS) is 28.3. The summed E-state index contributed by atoms with van der Waals surface area (Å²) in [6.45, 7) is 6.57. The molecule has 2 saturated heterocycles. The van der Waals surface area contributed by atoms with Gasteiger partial charge in [0.15, 0.2) is 0 Å². The van der Waals surface area contributed by atoms with Gasteiger partial charge in [-0.05, 0) is 37.4 Å². The molecule has 19 heavy (non-hydrogen) atoms. The second-order valence-corrected chi connectivity index (χ2v) is 5.66. The number of non-ortho nitro benzene ring substituents is 1. The van der Waals surface area contributed by atoms with E-state index in [-0.39, 0.29) is 16.7 Å². The van der Waals surface area contributed by atoms with Crippen LogP contribution in [0.2, 0.25) is 0 Å². The summed E-state index contributed by atoms with van der Waals surface area (Å²) in [7, 11) is 0. The van der Waals surface area contributed by atoms with Crippen LogP contribution in [-0.4, -0.2) is 36.0 Å². The van der Waals surface area contributed by atoms with Crippen molar-refractivity contribution >= 4 is 5.69 Å². The van der Waals surface area contributed by atoms with Crippen LogP contribution in [0.15, 0.2) is 24.3 Å². The van der Waals surface area contributed by atoms with Gasteiger partial charge in [-0.15, -0.1) is 0 Å². The van der Waals surface area contributed by atoms with Gasteiger partial charge in [-0.3, -0.25) is 15.0 Å². The topological polar surface area (TPSA) is 58.4 Å². The van der Waals surface area contributed by atoms with Crippen molar-refractivity contribution in [1.82, 2.24) is 10.2 Å². The molecule has 2 fully saturated rings. The summed E-state index contributed by atoms with van der Waals surface area (Å²) >= 11 is 0. The summed E-state index contributed by atoms with van der Waals surface area (Å²) in [5.74, 6) is 1.50. The fourth-order valence-electron chi connectivity index (χ4n) is 3.32. The quantitative estimate of drug-likeness (QED) is 0.666. The molecule has 1 N–H and O–H groups in total. The van der Waals surface area contributed by atoms with Crippen LogP contribution in [-0.2, 0) is 0 Å². The smallest absolute Gasteiger partial charge is 0.269 e. The molecule has 3 unspecified atom stereocenters. The van der Waals surface area contributed by atoms with E-state index in [1.807, 2.05) is 6.07 Å². The lowest BCUT2D eigenvalue weighted by Gasteiger charge is -2.25. The molecule has 102 valence electrons. The minimum absolute atomic E-state index is 0.186. The Kier molecular flexibility index (Phi) is 3.24. The molecule has 1 aromatic carbocycles. The predicted molar refractivity (Wildman–Crippen MR) is 72.9 cm³/mol. The Hall–Kier alpha value is -1.46. The lowest BCUT2D eigenvalue weighted by Crippen LogP contribution is -2.28. The number of fused-ring (bicyclic) bond motifs is 1. The molecule has 5 heteroatoms. The number of nitro benzene ring substituents is 1. The van der Waals surface area contributed by atoms with Gasteiger partial charge in [-0.2, -0.15) is 0 Å². The molecule has 2 aliphatic heterocycles. The zero-order chi connectivity index (χ0) is 13.4. The number of nitro groups is 1. The van der Waals surface area contributed by atoms with Crippen LogP contribution in [0.5, 0.6) is 0 Å². The van der Waals surface area contributed by atoms with E-state index in [1.165, 1.54) is 0 Å². The van der Waals surface area contributed by atoms with Gasteiger partial charge in [0.05, 0.1) is 4.92 Å². The molecule has 1 aromatic rings. The zero-order valence-electron chi connectivity index (χ0n) is 11.1. The molecule has 0 spiro atoms. The van der Waals surface area contributed by atoms with E-state index in [0.717, 1.165) is 43.6 Å². The molecule has 2 aliphatic rings. The lowest BCUT2D eigenvalue weighted by molar-refractivity contribution is -0.384. The second kappa shape index (κ2) is 4.90. The van der Waals surface area contributed by atoms with Crippen molar-refractivity contribution in [1.29, 1.82) is 0 Å². The number of nitrogens with zero attached hydrogens (tertiary/aromatic N) is 2. The van der Waals surface area contributed by atoms with E-state index >= 15 is 0 Å². The van der Waals surface area contributed by atoms with Crippen LogP contribution in [0.3, 0.4) is 0 Å². The van der Waals surface area contributed by atoms with Crippen molar-refractivity contribution < 1.29 is 4.92 Å². The SMILES string of the molecule is CC(c1cccc([N+](=O)[O-])c1)N1CC2CNCC2C1. The largest absolute Gasteiger partial charge is 0.316 e. The minimum atomic E-state index is -0.321. The Morgan fingerprint density at radius 2 is 2.05 bits per heavy atom. The Labute approximate surface area is 112 Å². The zero-order valence-corrected chi connectivity index (χ0v) is 11.1. The maximum atomic E-state index is 10.8. The van der Waals surface area contributed by atoms with Crippen molar-refractivity contribution in [3.05, 3.63) is 39.9 Å². The third-order valence-corrected chi connectivity index (χ3v) is 4.53. The van der Waals surface area contributed by atoms with E-state index in [1.54, 1.807) is 18.2 Å². The van der Waals surface area contributed by atoms with Crippen LogP contribution in [0.25, 0.3) is 0 Å². The summed E-state index contributed by atoms with van der Waals surface area (Å²) < 4.78 is 0. The van der Waals surface area contributed by atoms with Crippen LogP contribution in [0.4, 0.5) is 5.69 Å². The van der Waals surface area contributed by atoms with Crippen LogP contribution >= 0.6 is 0 Å². The van der Waals surface area contributed by atoms with Gasteiger partial charge in [0, 0.05) is 31.3 Å². The Morgan fingerprint density at radius 3 is 2.68 bits per heavy atom. The van der Waals surface area contributed by atoms with Crippen LogP contribution in [0, 0.1) is 22.0 Å². The van der Waals surface area contributed by atoms with E-state index in [9.17, 15) is 10.1 Å². The van der Waals surface area contributed by atoms with Gasteiger partial charge in [-0.1, -0.05) is 12.1 Å². The summed E-state index contributed by atoms with van der Waals surface area (Å²) in [5, 5.41) is 14.3. The van der Waals surface area contributed by atoms with Crippen molar-refractivity contribution in [2.75, 3.05) is 26.2 Å². The molecule has 2 heterocycles. The van der Waals surface area contributed by atoms with Crippen LogP contribution < -0.4 is 5.32 Å². The summed E-state index contributed by atoms with van der Waals surface area (Å²) in [5.41, 5.74) is 1.23. The maximum absolute atomic E-state index is 10.8. The molecular weight excluding hydrogens is 242 g/mol. The maximum Gasteiger partial charge on any atom is 0.269 e. The third-order valence-electron chi connectivity index (χ3n) is 4.53. The molecule has 0 radical (unpaired) electrons. The number of likely N-dealkylation sites (tertiary alicyclic amines) is 1. The monoisotopic (exact) mass is 261 g/mol. The van der Waals surface area contributed by atoms with E-state index < -0.39 is 0 Å². The lowest BCUT2D eigenvalue weighted by atomic mass is 10.0. The van der Waals surface area contributed by atoms with Gasteiger partial charge >= 0.3 is 0 Å². The standard InChI is InChI=1S/C14H19N3O2/c1-10(11-3-2-4-14(5-11)17(18)19)16-8-12-6-15-7-13(12)9-16/h2-5,10,12-13,15H,6-9H2,1H3. The third kappa shape index (κ3) is 2.35. The highest BCUT2D eigenvalue weighted by molar-refractivity contribution is 5.35. The molecule has 0 saturated carbocycles. The van der Waals surface area contributed by atoms with Crippen molar-refractivity contribution in [2.24, 2.45) is 11.8 Å².